The van der Waals surface area contributed by atoms with Crippen molar-refractivity contribution in [2.24, 2.45) is 17.8 Å². The Kier molecular flexibility index (Phi) is 6.87. The van der Waals surface area contributed by atoms with Crippen LogP contribution in [0.2, 0.25) is 0 Å². The third kappa shape index (κ3) is 5.15. The summed E-state index contributed by atoms with van der Waals surface area (Å²) in [6.07, 6.45) is 0. The molecule has 0 aliphatic carbocycles. The fraction of sp³-hybridized carbons (Fsp3) is 0.625. The maximum atomic E-state index is 5.39. The van der Waals surface area contributed by atoms with Crippen LogP contribution in [0.4, 0.5) is 0 Å². The topological polar surface area (TPSA) is 21.3 Å². The van der Waals surface area contributed by atoms with Crippen LogP contribution in [0.5, 0.6) is 5.75 Å². The van der Waals surface area contributed by atoms with E-state index in [1.165, 1.54) is 5.56 Å². The highest BCUT2D eigenvalue weighted by molar-refractivity contribution is 9.10. The predicted octanol–water partition coefficient (Wildman–Crippen LogP) is 4.48. The van der Waals surface area contributed by atoms with E-state index in [-0.39, 0.29) is 0 Å². The van der Waals surface area contributed by atoms with Gasteiger partial charge in [0.1, 0.15) is 5.75 Å². The molecule has 0 fully saturated rings. The van der Waals surface area contributed by atoms with Crippen molar-refractivity contribution in [3.8, 4) is 5.75 Å². The lowest BCUT2D eigenvalue weighted by Gasteiger charge is -2.25. The summed E-state index contributed by atoms with van der Waals surface area (Å²) in [5, 5.41) is 3.57. The van der Waals surface area contributed by atoms with E-state index in [0.717, 1.165) is 23.3 Å². The number of halogens is 1. The lowest BCUT2D eigenvalue weighted by atomic mass is 9.85. The molecule has 1 N–H and O–H groups in total. The molecule has 1 rings (SSSR count). The molecule has 0 unspecified atom stereocenters. The minimum atomic E-state index is 0.705. The Morgan fingerprint density at radius 1 is 1.16 bits per heavy atom. The molecule has 0 saturated heterocycles. The summed E-state index contributed by atoms with van der Waals surface area (Å²) in [6.45, 7) is 11.1. The summed E-state index contributed by atoms with van der Waals surface area (Å²) < 4.78 is 6.48. The first kappa shape index (κ1) is 16.5. The number of benzene rings is 1. The first-order chi connectivity index (χ1) is 8.95. The van der Waals surface area contributed by atoms with Crippen molar-refractivity contribution in [3.63, 3.8) is 0 Å². The van der Waals surface area contributed by atoms with Crippen molar-refractivity contribution in [2.45, 2.75) is 34.2 Å². The van der Waals surface area contributed by atoms with E-state index in [9.17, 15) is 0 Å². The van der Waals surface area contributed by atoms with Gasteiger partial charge in [-0.3, -0.25) is 0 Å². The molecule has 19 heavy (non-hydrogen) atoms. The first-order valence-electron chi connectivity index (χ1n) is 6.98. The molecule has 0 amide bonds. The van der Waals surface area contributed by atoms with Gasteiger partial charge in [0.2, 0.25) is 0 Å². The van der Waals surface area contributed by atoms with Crippen molar-refractivity contribution in [2.75, 3.05) is 13.7 Å². The number of ether oxygens (including phenoxy) is 1. The molecule has 0 atom stereocenters. The molecule has 0 saturated carbocycles. The molecule has 0 aliphatic heterocycles. The molecule has 1 aromatic rings. The molecule has 0 bridgehead atoms. The van der Waals surface area contributed by atoms with Gasteiger partial charge in [-0.1, -0.05) is 43.6 Å². The highest BCUT2D eigenvalue weighted by Gasteiger charge is 2.17. The van der Waals surface area contributed by atoms with Crippen LogP contribution in [0, 0.1) is 17.8 Å². The van der Waals surface area contributed by atoms with Crippen LogP contribution in [-0.4, -0.2) is 13.7 Å². The van der Waals surface area contributed by atoms with E-state index in [4.69, 9.17) is 4.74 Å². The third-order valence-corrected chi connectivity index (χ3v) is 4.14. The molecular formula is C16H26BrNO. The molecule has 1 aromatic carbocycles. The average Bonchev–Trinajstić information content (AvgIpc) is 2.33. The first-order valence-corrected chi connectivity index (χ1v) is 7.78. The Morgan fingerprint density at radius 3 is 2.32 bits per heavy atom. The smallest absolute Gasteiger partial charge is 0.123 e. The summed E-state index contributed by atoms with van der Waals surface area (Å²) in [5.41, 5.74) is 1.20. The number of rotatable bonds is 7. The van der Waals surface area contributed by atoms with Crippen molar-refractivity contribution < 1.29 is 4.74 Å². The van der Waals surface area contributed by atoms with Crippen LogP contribution in [-0.2, 0) is 6.54 Å². The molecule has 0 aromatic heterocycles. The van der Waals surface area contributed by atoms with Gasteiger partial charge in [0.15, 0.2) is 0 Å². The minimum absolute atomic E-state index is 0.705. The Bertz CT molecular complexity index is 382. The van der Waals surface area contributed by atoms with Crippen LogP contribution >= 0.6 is 15.9 Å². The van der Waals surface area contributed by atoms with Crippen LogP contribution in [0.3, 0.4) is 0 Å². The maximum Gasteiger partial charge on any atom is 0.123 e. The average molecular weight is 328 g/mol. The number of hydrogen-bond acceptors (Lipinski definition) is 2. The van der Waals surface area contributed by atoms with Gasteiger partial charge < -0.3 is 10.1 Å². The van der Waals surface area contributed by atoms with Crippen LogP contribution in [0.25, 0.3) is 0 Å². The highest BCUT2D eigenvalue weighted by atomic mass is 79.9. The van der Waals surface area contributed by atoms with Crippen molar-refractivity contribution in [1.82, 2.24) is 5.32 Å². The summed E-state index contributed by atoms with van der Waals surface area (Å²) >= 11 is 3.51. The Morgan fingerprint density at radius 2 is 1.79 bits per heavy atom. The van der Waals surface area contributed by atoms with E-state index in [0.29, 0.717) is 17.8 Å². The van der Waals surface area contributed by atoms with Gasteiger partial charge in [0, 0.05) is 16.6 Å². The number of nitrogens with one attached hydrogen (secondary N) is 1. The van der Waals surface area contributed by atoms with Crippen molar-refractivity contribution >= 4 is 15.9 Å². The molecule has 108 valence electrons. The summed E-state index contributed by atoms with van der Waals surface area (Å²) in [6, 6.07) is 6.13. The van der Waals surface area contributed by atoms with Crippen LogP contribution in [0.15, 0.2) is 22.7 Å². The fourth-order valence-electron chi connectivity index (χ4n) is 2.50. The van der Waals surface area contributed by atoms with Crippen molar-refractivity contribution in [3.05, 3.63) is 28.2 Å². The van der Waals surface area contributed by atoms with Gasteiger partial charge in [0.05, 0.1) is 7.11 Å². The SMILES string of the molecule is COc1ccc(Br)cc1CNCC(C(C)C)C(C)C. The normalized spacial score (nSPS) is 11.6. The van der Waals surface area contributed by atoms with E-state index in [1.54, 1.807) is 7.11 Å². The number of methoxy groups -OCH3 is 1. The summed E-state index contributed by atoms with van der Waals surface area (Å²) in [7, 11) is 1.72. The number of hydrogen-bond donors (Lipinski definition) is 1. The zero-order valence-electron chi connectivity index (χ0n) is 12.7. The van der Waals surface area contributed by atoms with Gasteiger partial charge >= 0.3 is 0 Å². The second-order valence-electron chi connectivity index (χ2n) is 5.74. The second-order valence-corrected chi connectivity index (χ2v) is 6.65. The van der Waals surface area contributed by atoms with E-state index in [1.807, 2.05) is 12.1 Å². The zero-order valence-corrected chi connectivity index (χ0v) is 14.3. The van der Waals surface area contributed by atoms with E-state index < -0.39 is 0 Å². The van der Waals surface area contributed by atoms with Crippen LogP contribution in [0.1, 0.15) is 33.3 Å². The van der Waals surface area contributed by atoms with E-state index >= 15 is 0 Å². The monoisotopic (exact) mass is 327 g/mol. The molecular weight excluding hydrogens is 302 g/mol. The fourth-order valence-corrected chi connectivity index (χ4v) is 2.91. The predicted molar refractivity (Wildman–Crippen MR) is 85.6 cm³/mol. The quantitative estimate of drug-likeness (QED) is 0.797. The Balaban J connectivity index is 2.59. The molecule has 0 radical (unpaired) electrons. The maximum absolute atomic E-state index is 5.39. The standard InChI is InChI=1S/C16H26BrNO/c1-11(2)15(12(3)4)10-18-9-13-8-14(17)6-7-16(13)19-5/h6-8,11-12,15,18H,9-10H2,1-5H3. The van der Waals surface area contributed by atoms with Gasteiger partial charge in [-0.15, -0.1) is 0 Å². The summed E-state index contributed by atoms with van der Waals surface area (Å²) in [5.74, 6) is 3.06. The molecule has 3 heteroatoms. The lowest BCUT2D eigenvalue weighted by Crippen LogP contribution is -2.29. The Hall–Kier alpha value is -0.540. The highest BCUT2D eigenvalue weighted by Crippen LogP contribution is 2.23. The third-order valence-electron chi connectivity index (χ3n) is 3.65. The lowest BCUT2D eigenvalue weighted by molar-refractivity contribution is 0.275. The molecule has 0 spiro atoms. The van der Waals surface area contributed by atoms with Gasteiger partial charge in [-0.05, 0) is 42.5 Å². The van der Waals surface area contributed by atoms with Crippen molar-refractivity contribution in [1.29, 1.82) is 0 Å². The molecule has 2 nitrogen and oxygen atoms in total. The molecule has 0 heterocycles. The van der Waals surface area contributed by atoms with Gasteiger partial charge in [-0.25, -0.2) is 0 Å². The van der Waals surface area contributed by atoms with E-state index in [2.05, 4.69) is 55.0 Å². The largest absolute Gasteiger partial charge is 0.496 e. The summed E-state index contributed by atoms with van der Waals surface area (Å²) in [4.78, 5) is 0. The Labute approximate surface area is 126 Å². The zero-order chi connectivity index (χ0) is 14.4. The van der Waals surface area contributed by atoms with Crippen LogP contribution < -0.4 is 10.1 Å². The van der Waals surface area contributed by atoms with Gasteiger partial charge in [-0.2, -0.15) is 0 Å². The van der Waals surface area contributed by atoms with Gasteiger partial charge in [0.25, 0.3) is 0 Å². The molecule has 0 aliphatic rings. The minimum Gasteiger partial charge on any atom is -0.496 e. The second kappa shape index (κ2) is 7.91.